The van der Waals surface area contributed by atoms with Crippen LogP contribution in [0, 0.1) is 12.7 Å². The van der Waals surface area contributed by atoms with Gasteiger partial charge >= 0.3 is 0 Å². The van der Waals surface area contributed by atoms with E-state index < -0.39 is 5.38 Å². The van der Waals surface area contributed by atoms with Crippen LogP contribution in [0.2, 0.25) is 10.0 Å². The van der Waals surface area contributed by atoms with Gasteiger partial charge in [0, 0.05) is 11.1 Å². The summed E-state index contributed by atoms with van der Waals surface area (Å²) in [5.74, 6) is 0.219. The molecule has 0 saturated heterocycles. The Morgan fingerprint density at radius 3 is 2.40 bits per heavy atom. The van der Waals surface area contributed by atoms with E-state index >= 15 is 0 Å². The topological polar surface area (TPSA) is 9.23 Å². The first-order valence-corrected chi connectivity index (χ1v) is 7.06. The molecule has 1 unspecified atom stereocenters. The fourth-order valence-corrected chi connectivity index (χ4v) is 2.78. The number of alkyl halides is 1. The zero-order valence-corrected chi connectivity index (χ0v) is 13.2. The number of hydrogen-bond acceptors (Lipinski definition) is 1. The van der Waals surface area contributed by atoms with Crippen LogP contribution in [0.25, 0.3) is 0 Å². The fraction of sp³-hybridized carbons (Fsp3) is 0.200. The summed E-state index contributed by atoms with van der Waals surface area (Å²) in [5, 5.41) is 0.370. The molecule has 0 heterocycles. The van der Waals surface area contributed by atoms with Crippen LogP contribution in [0.15, 0.2) is 30.3 Å². The minimum absolute atomic E-state index is 0.267. The minimum atomic E-state index is -0.509. The van der Waals surface area contributed by atoms with Gasteiger partial charge in [-0.25, -0.2) is 4.39 Å². The molecule has 0 N–H and O–H groups in total. The number of rotatable bonds is 3. The van der Waals surface area contributed by atoms with Crippen LogP contribution in [-0.2, 0) is 0 Å². The predicted molar refractivity (Wildman–Crippen MR) is 81.8 cm³/mol. The second-order valence-electron chi connectivity index (χ2n) is 4.38. The Morgan fingerprint density at radius 1 is 1.10 bits per heavy atom. The summed E-state index contributed by atoms with van der Waals surface area (Å²) in [6, 6.07) is 8.00. The normalized spacial score (nSPS) is 12.3. The van der Waals surface area contributed by atoms with E-state index in [1.54, 1.807) is 31.2 Å². The molecule has 0 aliphatic carbocycles. The van der Waals surface area contributed by atoms with Crippen LogP contribution in [0.3, 0.4) is 0 Å². The average molecular weight is 334 g/mol. The highest BCUT2D eigenvalue weighted by atomic mass is 35.5. The van der Waals surface area contributed by atoms with Crippen molar-refractivity contribution in [1.29, 1.82) is 0 Å². The Morgan fingerprint density at radius 2 is 1.80 bits per heavy atom. The molecule has 0 spiro atoms. The lowest BCUT2D eigenvalue weighted by atomic mass is 10.0. The molecular weight excluding hydrogens is 322 g/mol. The van der Waals surface area contributed by atoms with Gasteiger partial charge in [-0.2, -0.15) is 0 Å². The maximum Gasteiger partial charge on any atom is 0.138 e. The van der Waals surface area contributed by atoms with Gasteiger partial charge in [0.1, 0.15) is 11.6 Å². The quantitative estimate of drug-likeness (QED) is 0.647. The van der Waals surface area contributed by atoms with E-state index in [1.807, 2.05) is 0 Å². The Balaban J connectivity index is 2.45. The molecule has 0 amide bonds. The molecule has 1 nitrogen and oxygen atoms in total. The molecule has 106 valence electrons. The van der Waals surface area contributed by atoms with Gasteiger partial charge in [0.25, 0.3) is 0 Å². The lowest BCUT2D eigenvalue weighted by Gasteiger charge is -2.15. The Hall–Kier alpha value is -0.960. The van der Waals surface area contributed by atoms with Crippen molar-refractivity contribution in [2.45, 2.75) is 12.3 Å². The first-order valence-electron chi connectivity index (χ1n) is 5.87. The van der Waals surface area contributed by atoms with Crippen LogP contribution < -0.4 is 4.74 Å². The van der Waals surface area contributed by atoms with Crippen molar-refractivity contribution >= 4 is 34.8 Å². The summed E-state index contributed by atoms with van der Waals surface area (Å²) in [6.07, 6.45) is 0. The summed E-state index contributed by atoms with van der Waals surface area (Å²) in [7, 11) is 1.51. The molecule has 2 rings (SSSR count). The van der Waals surface area contributed by atoms with Gasteiger partial charge in [0.15, 0.2) is 0 Å². The number of aryl methyl sites for hydroxylation is 1. The number of methoxy groups -OCH3 is 1. The molecule has 20 heavy (non-hydrogen) atoms. The van der Waals surface area contributed by atoms with Crippen molar-refractivity contribution in [3.8, 4) is 5.75 Å². The van der Waals surface area contributed by atoms with Crippen molar-refractivity contribution in [2.24, 2.45) is 0 Å². The highest BCUT2D eigenvalue weighted by Gasteiger charge is 2.18. The van der Waals surface area contributed by atoms with E-state index in [0.29, 0.717) is 26.9 Å². The van der Waals surface area contributed by atoms with Crippen LogP contribution in [0.1, 0.15) is 22.1 Å². The van der Waals surface area contributed by atoms with E-state index in [2.05, 4.69) is 0 Å². The molecule has 2 aromatic rings. The summed E-state index contributed by atoms with van der Waals surface area (Å²) >= 11 is 18.7. The van der Waals surface area contributed by atoms with Gasteiger partial charge in [-0.05, 0) is 35.7 Å². The molecule has 1 atom stereocenters. The van der Waals surface area contributed by atoms with E-state index in [4.69, 9.17) is 39.5 Å². The number of ether oxygens (including phenoxy) is 1. The van der Waals surface area contributed by atoms with Crippen molar-refractivity contribution in [1.82, 2.24) is 0 Å². The summed E-state index contributed by atoms with van der Waals surface area (Å²) in [5.41, 5.74) is 1.95. The van der Waals surface area contributed by atoms with Gasteiger partial charge in [-0.3, -0.25) is 0 Å². The van der Waals surface area contributed by atoms with Gasteiger partial charge in [0.05, 0.1) is 17.5 Å². The van der Waals surface area contributed by atoms with E-state index in [0.717, 1.165) is 5.56 Å². The maximum absolute atomic E-state index is 13.3. The summed E-state index contributed by atoms with van der Waals surface area (Å²) in [4.78, 5) is 0. The summed E-state index contributed by atoms with van der Waals surface area (Å²) in [6.45, 7) is 1.69. The van der Waals surface area contributed by atoms with Crippen LogP contribution >= 0.6 is 34.8 Å². The molecule has 0 aliphatic heterocycles. The monoisotopic (exact) mass is 332 g/mol. The number of benzene rings is 2. The highest BCUT2D eigenvalue weighted by Crippen LogP contribution is 2.39. The molecular formula is C15H12Cl3FO. The second-order valence-corrected chi connectivity index (χ2v) is 5.63. The van der Waals surface area contributed by atoms with E-state index in [1.165, 1.54) is 13.2 Å². The SMILES string of the molecule is COc1cc(Cl)c(C(Cl)c2ccc(F)c(C)c2)cc1Cl. The third-order valence-corrected chi connectivity index (χ3v) is 4.13. The molecule has 0 radical (unpaired) electrons. The lowest BCUT2D eigenvalue weighted by Crippen LogP contribution is -1.97. The maximum atomic E-state index is 13.3. The average Bonchev–Trinajstić information content (AvgIpc) is 2.43. The largest absolute Gasteiger partial charge is 0.495 e. The molecule has 0 aromatic heterocycles. The standard InChI is InChI=1S/C15H12Cl3FO/c1-8-5-9(3-4-13(8)19)15(18)10-6-12(17)14(20-2)7-11(10)16/h3-7,15H,1-2H3. The van der Waals surface area contributed by atoms with Crippen molar-refractivity contribution in [3.63, 3.8) is 0 Å². The van der Waals surface area contributed by atoms with Gasteiger partial charge in [-0.15, -0.1) is 11.6 Å². The molecule has 0 fully saturated rings. The molecule has 5 heteroatoms. The zero-order valence-electron chi connectivity index (χ0n) is 10.9. The highest BCUT2D eigenvalue weighted by molar-refractivity contribution is 6.36. The van der Waals surface area contributed by atoms with Gasteiger partial charge in [0.2, 0.25) is 0 Å². The Bertz CT molecular complexity index is 643. The predicted octanol–water partition coefficient (Wildman–Crippen LogP) is 5.78. The van der Waals surface area contributed by atoms with E-state index in [-0.39, 0.29) is 5.82 Å². The third kappa shape index (κ3) is 3.03. The van der Waals surface area contributed by atoms with Crippen molar-refractivity contribution in [2.75, 3.05) is 7.11 Å². The molecule has 0 bridgehead atoms. The first kappa shape index (κ1) is 15.4. The Labute approximate surface area is 132 Å². The smallest absolute Gasteiger partial charge is 0.138 e. The van der Waals surface area contributed by atoms with Crippen LogP contribution in [0.4, 0.5) is 4.39 Å². The van der Waals surface area contributed by atoms with Crippen LogP contribution in [-0.4, -0.2) is 7.11 Å². The summed E-state index contributed by atoms with van der Waals surface area (Å²) < 4.78 is 18.4. The second kappa shape index (κ2) is 6.21. The van der Waals surface area contributed by atoms with Gasteiger partial charge in [-0.1, -0.05) is 35.3 Å². The third-order valence-electron chi connectivity index (χ3n) is 3.02. The zero-order chi connectivity index (χ0) is 14.9. The molecule has 0 saturated carbocycles. The Kier molecular flexibility index (Phi) is 4.79. The van der Waals surface area contributed by atoms with Crippen molar-refractivity contribution in [3.05, 3.63) is 62.9 Å². The molecule has 2 aromatic carbocycles. The van der Waals surface area contributed by atoms with Crippen LogP contribution in [0.5, 0.6) is 5.75 Å². The van der Waals surface area contributed by atoms with E-state index in [9.17, 15) is 4.39 Å². The van der Waals surface area contributed by atoms with Crippen molar-refractivity contribution < 1.29 is 9.13 Å². The lowest BCUT2D eigenvalue weighted by molar-refractivity contribution is 0.415. The fourth-order valence-electron chi connectivity index (χ4n) is 1.90. The molecule has 0 aliphatic rings. The number of halogens is 4. The number of hydrogen-bond donors (Lipinski definition) is 0. The van der Waals surface area contributed by atoms with Gasteiger partial charge < -0.3 is 4.74 Å². The minimum Gasteiger partial charge on any atom is -0.495 e. The first-order chi connectivity index (χ1) is 9.43.